The fourth-order valence-corrected chi connectivity index (χ4v) is 3.02. The van der Waals surface area contributed by atoms with Crippen LogP contribution >= 0.6 is 0 Å². The standard InChI is InChI=1S/C20H19N7O2/c1-26-12-15(10-24-26)18-8-19(16(21)11-23-18)27(20(28)29)25-9-13-4-5-17-14(7-13)3-2-6-22-17/h2-8,10-12,25H,9,21H2,1H3,(H,28,29). The van der Waals surface area contributed by atoms with Gasteiger partial charge in [0.1, 0.15) is 0 Å². The van der Waals surface area contributed by atoms with Crippen molar-refractivity contribution in [3.05, 3.63) is 66.7 Å². The number of aromatic nitrogens is 4. The summed E-state index contributed by atoms with van der Waals surface area (Å²) in [4.78, 5) is 20.5. The molecule has 4 aromatic rings. The van der Waals surface area contributed by atoms with E-state index in [1.54, 1.807) is 36.4 Å². The molecule has 0 aliphatic carbocycles. The van der Waals surface area contributed by atoms with Gasteiger partial charge in [-0.3, -0.25) is 14.6 Å². The average Bonchev–Trinajstić information content (AvgIpc) is 3.15. The normalized spacial score (nSPS) is 10.9. The monoisotopic (exact) mass is 389 g/mol. The summed E-state index contributed by atoms with van der Waals surface area (Å²) in [7, 11) is 1.80. The number of hydrogen-bond acceptors (Lipinski definition) is 6. The number of hydrazine groups is 1. The first-order valence-corrected chi connectivity index (χ1v) is 8.86. The molecule has 0 fully saturated rings. The molecule has 9 heteroatoms. The van der Waals surface area contributed by atoms with Crippen LogP contribution in [0.15, 0.2) is 61.2 Å². The number of carboxylic acid groups (broad SMARTS) is 1. The minimum absolute atomic E-state index is 0.246. The van der Waals surface area contributed by atoms with Gasteiger partial charge in [-0.05, 0) is 29.8 Å². The fraction of sp³-hybridized carbons (Fsp3) is 0.100. The minimum atomic E-state index is -1.18. The van der Waals surface area contributed by atoms with E-state index < -0.39 is 6.09 Å². The molecule has 0 radical (unpaired) electrons. The number of nitrogen functional groups attached to an aromatic ring is 1. The molecule has 0 aliphatic heterocycles. The number of aryl methyl sites for hydroxylation is 1. The van der Waals surface area contributed by atoms with E-state index in [4.69, 9.17) is 5.73 Å². The van der Waals surface area contributed by atoms with E-state index in [2.05, 4.69) is 20.5 Å². The Morgan fingerprint density at radius 3 is 2.86 bits per heavy atom. The lowest BCUT2D eigenvalue weighted by Gasteiger charge is -2.22. The summed E-state index contributed by atoms with van der Waals surface area (Å²) >= 11 is 0. The Bertz CT molecular complexity index is 1190. The molecule has 0 saturated heterocycles. The number of nitrogens with zero attached hydrogens (tertiary/aromatic N) is 5. The van der Waals surface area contributed by atoms with Crippen molar-refractivity contribution in [3.63, 3.8) is 0 Å². The number of pyridine rings is 2. The van der Waals surface area contributed by atoms with Crippen molar-refractivity contribution in [1.29, 1.82) is 0 Å². The van der Waals surface area contributed by atoms with Crippen LogP contribution in [-0.2, 0) is 13.6 Å². The largest absolute Gasteiger partial charge is 0.464 e. The number of carbonyl (C=O) groups is 1. The van der Waals surface area contributed by atoms with Crippen molar-refractivity contribution in [1.82, 2.24) is 25.2 Å². The van der Waals surface area contributed by atoms with Crippen molar-refractivity contribution in [3.8, 4) is 11.3 Å². The zero-order valence-corrected chi connectivity index (χ0v) is 15.6. The molecule has 3 aromatic heterocycles. The topological polar surface area (TPSA) is 122 Å². The molecule has 3 heterocycles. The summed E-state index contributed by atoms with van der Waals surface area (Å²) in [5.41, 5.74) is 12.6. The highest BCUT2D eigenvalue weighted by molar-refractivity contribution is 5.90. The highest BCUT2D eigenvalue weighted by Gasteiger charge is 2.19. The SMILES string of the molecule is Cn1cc(-c2cc(N(NCc3ccc4ncccc4c3)C(=O)O)c(N)cn2)cn1. The summed E-state index contributed by atoms with van der Waals surface area (Å²) in [6.45, 7) is 0.293. The lowest BCUT2D eigenvalue weighted by Crippen LogP contribution is -2.42. The van der Waals surface area contributed by atoms with E-state index >= 15 is 0 Å². The number of hydrogen-bond donors (Lipinski definition) is 3. The number of fused-ring (bicyclic) bond motifs is 1. The van der Waals surface area contributed by atoms with Gasteiger partial charge in [-0.15, -0.1) is 0 Å². The number of benzene rings is 1. The first kappa shape index (κ1) is 18.4. The van der Waals surface area contributed by atoms with E-state index in [1.807, 2.05) is 30.3 Å². The van der Waals surface area contributed by atoms with Crippen molar-refractivity contribution < 1.29 is 9.90 Å². The van der Waals surface area contributed by atoms with Crippen molar-refractivity contribution in [2.75, 3.05) is 10.7 Å². The summed E-state index contributed by atoms with van der Waals surface area (Å²) in [5, 5.41) is 15.8. The zero-order chi connectivity index (χ0) is 20.4. The van der Waals surface area contributed by atoms with Gasteiger partial charge in [0.05, 0.1) is 35.0 Å². The molecule has 29 heavy (non-hydrogen) atoms. The molecular formula is C20H19N7O2. The minimum Gasteiger partial charge on any atom is -0.464 e. The van der Waals surface area contributed by atoms with E-state index in [0.717, 1.165) is 27.0 Å². The highest BCUT2D eigenvalue weighted by Crippen LogP contribution is 2.27. The van der Waals surface area contributed by atoms with Crippen molar-refractivity contribution in [2.45, 2.75) is 6.54 Å². The first-order chi connectivity index (χ1) is 14.0. The maximum atomic E-state index is 11.9. The molecule has 0 bridgehead atoms. The predicted octanol–water partition coefficient (Wildman–Crippen LogP) is 2.80. The molecule has 1 aromatic carbocycles. The molecule has 0 atom stereocenters. The van der Waals surface area contributed by atoms with Crippen LogP contribution in [0, 0.1) is 0 Å². The quantitative estimate of drug-likeness (QED) is 0.449. The number of nitrogens with two attached hydrogens (primary N) is 1. The Morgan fingerprint density at radius 2 is 2.10 bits per heavy atom. The molecule has 1 amide bonds. The third kappa shape index (κ3) is 3.85. The Balaban J connectivity index is 1.61. The smallest absolute Gasteiger partial charge is 0.426 e. The third-order valence-corrected chi connectivity index (χ3v) is 4.45. The second kappa shape index (κ2) is 7.56. The lowest BCUT2D eigenvalue weighted by molar-refractivity contribution is 0.198. The number of amides is 1. The molecule has 4 N–H and O–H groups in total. The van der Waals surface area contributed by atoms with E-state index in [9.17, 15) is 9.90 Å². The van der Waals surface area contributed by atoms with Gasteiger partial charge in [-0.2, -0.15) is 5.10 Å². The summed E-state index contributed by atoms with van der Waals surface area (Å²) in [6.07, 6.45) is 5.45. The van der Waals surface area contributed by atoms with Crippen LogP contribution in [0.2, 0.25) is 0 Å². The predicted molar refractivity (Wildman–Crippen MR) is 110 cm³/mol. The zero-order valence-electron chi connectivity index (χ0n) is 15.6. The number of rotatable bonds is 5. The molecule has 0 saturated carbocycles. The maximum absolute atomic E-state index is 11.9. The van der Waals surface area contributed by atoms with Gasteiger partial charge in [-0.1, -0.05) is 12.1 Å². The van der Waals surface area contributed by atoms with Crippen LogP contribution in [0.3, 0.4) is 0 Å². The molecule has 9 nitrogen and oxygen atoms in total. The second-order valence-electron chi connectivity index (χ2n) is 6.51. The van der Waals surface area contributed by atoms with Crippen LogP contribution in [0.4, 0.5) is 16.2 Å². The summed E-state index contributed by atoms with van der Waals surface area (Å²) in [5.74, 6) is 0. The molecule has 146 valence electrons. The lowest BCUT2D eigenvalue weighted by atomic mass is 10.1. The molecule has 4 rings (SSSR count). The first-order valence-electron chi connectivity index (χ1n) is 8.86. The van der Waals surface area contributed by atoms with Gasteiger partial charge in [0.2, 0.25) is 0 Å². The van der Waals surface area contributed by atoms with Gasteiger partial charge in [0, 0.05) is 36.9 Å². The van der Waals surface area contributed by atoms with Crippen LogP contribution in [0.5, 0.6) is 0 Å². The molecule has 0 unspecified atom stereocenters. The van der Waals surface area contributed by atoms with E-state index in [0.29, 0.717) is 17.9 Å². The van der Waals surface area contributed by atoms with E-state index in [-0.39, 0.29) is 5.69 Å². The summed E-state index contributed by atoms with van der Waals surface area (Å²) in [6, 6.07) is 11.2. The Hall–Kier alpha value is -3.98. The molecule has 0 spiro atoms. The van der Waals surface area contributed by atoms with Crippen LogP contribution < -0.4 is 16.2 Å². The molecular weight excluding hydrogens is 370 g/mol. The Morgan fingerprint density at radius 1 is 1.24 bits per heavy atom. The fourth-order valence-electron chi connectivity index (χ4n) is 3.02. The summed E-state index contributed by atoms with van der Waals surface area (Å²) < 4.78 is 1.65. The van der Waals surface area contributed by atoms with Crippen LogP contribution in [0.1, 0.15) is 5.56 Å². The Kier molecular flexibility index (Phi) is 4.80. The third-order valence-electron chi connectivity index (χ3n) is 4.45. The van der Waals surface area contributed by atoms with Gasteiger partial charge in [0.25, 0.3) is 0 Å². The van der Waals surface area contributed by atoms with Crippen molar-refractivity contribution in [2.24, 2.45) is 7.05 Å². The molecule has 0 aliphatic rings. The maximum Gasteiger partial charge on any atom is 0.426 e. The van der Waals surface area contributed by atoms with Crippen LogP contribution in [-0.4, -0.2) is 30.9 Å². The van der Waals surface area contributed by atoms with E-state index in [1.165, 1.54) is 6.20 Å². The Labute approximate surface area is 166 Å². The van der Waals surface area contributed by atoms with Gasteiger partial charge in [0.15, 0.2) is 0 Å². The van der Waals surface area contributed by atoms with Crippen LogP contribution in [0.25, 0.3) is 22.2 Å². The van der Waals surface area contributed by atoms with Crippen molar-refractivity contribution >= 4 is 28.4 Å². The van der Waals surface area contributed by atoms with Gasteiger partial charge < -0.3 is 10.8 Å². The highest BCUT2D eigenvalue weighted by atomic mass is 16.4. The average molecular weight is 389 g/mol. The number of anilines is 2. The number of nitrogens with one attached hydrogen (secondary N) is 1. The second-order valence-corrected chi connectivity index (χ2v) is 6.51. The van der Waals surface area contributed by atoms with Gasteiger partial charge in [-0.25, -0.2) is 15.2 Å². The van der Waals surface area contributed by atoms with Gasteiger partial charge >= 0.3 is 6.09 Å².